The van der Waals surface area contributed by atoms with Crippen LogP contribution in [0, 0.1) is 11.7 Å². The van der Waals surface area contributed by atoms with Gasteiger partial charge in [-0.2, -0.15) is 0 Å². The van der Waals surface area contributed by atoms with Gasteiger partial charge >= 0.3 is 0 Å². The van der Waals surface area contributed by atoms with Crippen molar-refractivity contribution in [3.63, 3.8) is 0 Å². The molecule has 0 radical (unpaired) electrons. The molecule has 0 aliphatic carbocycles. The van der Waals surface area contributed by atoms with Gasteiger partial charge in [-0.05, 0) is 50.4 Å². The van der Waals surface area contributed by atoms with Gasteiger partial charge in [0, 0.05) is 6.61 Å². The number of benzene rings is 1. The van der Waals surface area contributed by atoms with E-state index in [-0.39, 0.29) is 18.2 Å². The summed E-state index contributed by atoms with van der Waals surface area (Å²) in [6, 6.07) is 6.10. The number of nitrogens with one attached hydrogen (secondary N) is 2. The number of hydrogen-bond acceptors (Lipinski definition) is 3. The minimum atomic E-state index is -0.436. The van der Waals surface area contributed by atoms with E-state index in [0.29, 0.717) is 12.5 Å². The fourth-order valence-electron chi connectivity index (χ4n) is 2.33. The smallest absolute Gasteiger partial charge is 0.250 e. The van der Waals surface area contributed by atoms with Crippen LogP contribution >= 0.6 is 0 Å². The molecule has 1 aliphatic rings. The molecule has 20 heavy (non-hydrogen) atoms. The molecule has 1 aliphatic heterocycles. The normalized spacial score (nSPS) is 18.8. The van der Waals surface area contributed by atoms with E-state index < -0.39 is 5.82 Å². The van der Waals surface area contributed by atoms with Gasteiger partial charge in [-0.1, -0.05) is 12.1 Å². The fraction of sp³-hybridized carbons (Fsp3) is 0.533. The van der Waals surface area contributed by atoms with Crippen molar-refractivity contribution in [3.05, 3.63) is 30.1 Å². The number of halogens is 1. The molecular formula is C15H21FN2O2. The van der Waals surface area contributed by atoms with Gasteiger partial charge in [0.1, 0.15) is 12.4 Å². The van der Waals surface area contributed by atoms with E-state index in [4.69, 9.17) is 4.74 Å². The number of rotatable bonds is 6. The lowest BCUT2D eigenvalue weighted by atomic mass is 9.97. The molecule has 0 spiro atoms. The average molecular weight is 280 g/mol. The number of para-hydroxylation sites is 1. The summed E-state index contributed by atoms with van der Waals surface area (Å²) in [5, 5.41) is 5.84. The van der Waals surface area contributed by atoms with Crippen LogP contribution in [0.5, 0.6) is 0 Å². The number of hydrogen-bond donors (Lipinski definition) is 2. The van der Waals surface area contributed by atoms with Crippen LogP contribution < -0.4 is 10.6 Å². The van der Waals surface area contributed by atoms with Gasteiger partial charge in [-0.25, -0.2) is 4.39 Å². The van der Waals surface area contributed by atoms with E-state index in [1.807, 2.05) is 0 Å². The molecule has 1 aromatic carbocycles. The van der Waals surface area contributed by atoms with Crippen LogP contribution in [-0.2, 0) is 9.53 Å². The monoisotopic (exact) mass is 280 g/mol. The Kier molecular flexibility index (Phi) is 5.95. The summed E-state index contributed by atoms with van der Waals surface area (Å²) < 4.78 is 18.7. The molecule has 1 aromatic rings. The molecule has 1 amide bonds. The average Bonchev–Trinajstić information content (AvgIpc) is 2.47. The van der Waals surface area contributed by atoms with Crippen molar-refractivity contribution in [1.29, 1.82) is 0 Å². The second-order valence-electron chi connectivity index (χ2n) is 5.08. The van der Waals surface area contributed by atoms with E-state index >= 15 is 0 Å². The number of carbonyl (C=O) groups excluding carboxylic acids is 1. The maximum Gasteiger partial charge on any atom is 0.250 e. The predicted octanol–water partition coefficient (Wildman–Crippen LogP) is 2.17. The molecule has 110 valence electrons. The summed E-state index contributed by atoms with van der Waals surface area (Å²) in [4.78, 5) is 11.6. The number of amides is 1. The molecule has 1 heterocycles. The summed E-state index contributed by atoms with van der Waals surface area (Å²) in [5.74, 6) is -0.121. The second kappa shape index (κ2) is 7.97. The standard InChI is InChI=1S/C15H21FN2O2/c16-13-5-1-2-6-14(13)18-15(19)11-20-9-7-12-4-3-8-17-10-12/h1-2,5-6,12,17H,3-4,7-11H2,(H,18,19). The first kappa shape index (κ1) is 14.9. The third kappa shape index (κ3) is 4.90. The second-order valence-corrected chi connectivity index (χ2v) is 5.08. The lowest BCUT2D eigenvalue weighted by molar-refractivity contribution is -0.120. The molecular weight excluding hydrogens is 259 g/mol. The Morgan fingerprint density at radius 3 is 3.05 bits per heavy atom. The van der Waals surface area contributed by atoms with E-state index in [9.17, 15) is 9.18 Å². The van der Waals surface area contributed by atoms with Crippen LogP contribution in [0.1, 0.15) is 19.3 Å². The van der Waals surface area contributed by atoms with Gasteiger partial charge in [0.15, 0.2) is 0 Å². The molecule has 1 atom stereocenters. The van der Waals surface area contributed by atoms with E-state index in [2.05, 4.69) is 10.6 Å². The highest BCUT2D eigenvalue weighted by Crippen LogP contribution is 2.14. The molecule has 1 unspecified atom stereocenters. The van der Waals surface area contributed by atoms with Crippen molar-refractivity contribution < 1.29 is 13.9 Å². The number of anilines is 1. The largest absolute Gasteiger partial charge is 0.372 e. The first-order valence-electron chi connectivity index (χ1n) is 7.08. The fourth-order valence-corrected chi connectivity index (χ4v) is 2.33. The van der Waals surface area contributed by atoms with Crippen molar-refractivity contribution in [1.82, 2.24) is 5.32 Å². The molecule has 0 aromatic heterocycles. The summed E-state index contributed by atoms with van der Waals surface area (Å²) in [5.41, 5.74) is 0.192. The number of carbonyl (C=O) groups is 1. The molecule has 1 fully saturated rings. The first-order valence-corrected chi connectivity index (χ1v) is 7.08. The third-order valence-electron chi connectivity index (χ3n) is 3.45. The van der Waals surface area contributed by atoms with E-state index in [1.54, 1.807) is 12.1 Å². The molecule has 2 rings (SSSR count). The third-order valence-corrected chi connectivity index (χ3v) is 3.45. The Morgan fingerprint density at radius 1 is 1.45 bits per heavy atom. The minimum Gasteiger partial charge on any atom is -0.372 e. The van der Waals surface area contributed by atoms with Gasteiger partial charge in [0.25, 0.3) is 0 Å². The molecule has 0 bridgehead atoms. The maximum absolute atomic E-state index is 13.3. The van der Waals surface area contributed by atoms with Gasteiger partial charge in [0.2, 0.25) is 5.91 Å². The first-order chi connectivity index (χ1) is 9.75. The summed E-state index contributed by atoms with van der Waals surface area (Å²) >= 11 is 0. The predicted molar refractivity (Wildman–Crippen MR) is 76.1 cm³/mol. The molecule has 0 saturated carbocycles. The lowest BCUT2D eigenvalue weighted by Gasteiger charge is -2.22. The molecule has 5 heteroatoms. The maximum atomic E-state index is 13.3. The summed E-state index contributed by atoms with van der Waals surface area (Å²) in [7, 11) is 0. The lowest BCUT2D eigenvalue weighted by Crippen LogP contribution is -2.30. The zero-order valence-electron chi connectivity index (χ0n) is 11.5. The Bertz CT molecular complexity index is 434. The van der Waals surface area contributed by atoms with Crippen LogP contribution in [0.15, 0.2) is 24.3 Å². The van der Waals surface area contributed by atoms with Crippen molar-refractivity contribution in [3.8, 4) is 0 Å². The highest BCUT2D eigenvalue weighted by molar-refractivity contribution is 5.91. The van der Waals surface area contributed by atoms with Gasteiger partial charge < -0.3 is 15.4 Å². The van der Waals surface area contributed by atoms with Crippen molar-refractivity contribution in [2.75, 3.05) is 31.6 Å². The highest BCUT2D eigenvalue weighted by atomic mass is 19.1. The quantitative estimate of drug-likeness (QED) is 0.785. The summed E-state index contributed by atoms with van der Waals surface area (Å²) in [6.45, 7) is 2.67. The Morgan fingerprint density at radius 2 is 2.30 bits per heavy atom. The zero-order chi connectivity index (χ0) is 14.2. The molecule has 4 nitrogen and oxygen atoms in total. The number of ether oxygens (including phenoxy) is 1. The molecule has 2 N–H and O–H groups in total. The van der Waals surface area contributed by atoms with Crippen LogP contribution in [0.2, 0.25) is 0 Å². The van der Waals surface area contributed by atoms with E-state index in [1.165, 1.54) is 25.0 Å². The Labute approximate surface area is 118 Å². The van der Waals surface area contributed by atoms with Crippen molar-refractivity contribution >= 4 is 11.6 Å². The minimum absolute atomic E-state index is 0.0333. The zero-order valence-corrected chi connectivity index (χ0v) is 11.5. The topological polar surface area (TPSA) is 50.4 Å². The highest BCUT2D eigenvalue weighted by Gasteiger charge is 2.13. The SMILES string of the molecule is O=C(COCCC1CCCNC1)Nc1ccccc1F. The molecule has 1 saturated heterocycles. The van der Waals surface area contributed by atoms with Gasteiger partial charge in [0.05, 0.1) is 5.69 Å². The van der Waals surface area contributed by atoms with Crippen LogP contribution in [-0.4, -0.2) is 32.2 Å². The van der Waals surface area contributed by atoms with Gasteiger partial charge in [-0.3, -0.25) is 4.79 Å². The van der Waals surface area contributed by atoms with E-state index in [0.717, 1.165) is 19.5 Å². The van der Waals surface area contributed by atoms with Crippen molar-refractivity contribution in [2.45, 2.75) is 19.3 Å². The number of piperidine rings is 1. The Balaban J connectivity index is 1.61. The van der Waals surface area contributed by atoms with Crippen molar-refractivity contribution in [2.24, 2.45) is 5.92 Å². The van der Waals surface area contributed by atoms with Crippen LogP contribution in [0.3, 0.4) is 0 Å². The van der Waals surface area contributed by atoms with Gasteiger partial charge in [-0.15, -0.1) is 0 Å². The summed E-state index contributed by atoms with van der Waals surface area (Å²) in [6.07, 6.45) is 3.39. The van der Waals surface area contributed by atoms with Crippen LogP contribution in [0.4, 0.5) is 10.1 Å². The Hall–Kier alpha value is -1.46. The van der Waals surface area contributed by atoms with Crippen LogP contribution in [0.25, 0.3) is 0 Å².